The second-order valence-electron chi connectivity index (χ2n) is 6.00. The molecule has 2 aromatic carbocycles. The third-order valence-electron chi connectivity index (χ3n) is 4.02. The molecule has 2 heterocycles. The van der Waals surface area contributed by atoms with E-state index < -0.39 is 23.5 Å². The Morgan fingerprint density at radius 1 is 0.931 bits per heavy atom. The summed E-state index contributed by atoms with van der Waals surface area (Å²) < 4.78 is 46.6. The number of nitrogens with zero attached hydrogens (tertiary/aromatic N) is 1. The molecule has 29 heavy (non-hydrogen) atoms. The fraction of sp³-hybridized carbons (Fsp3) is 0. The van der Waals surface area contributed by atoms with E-state index in [-0.39, 0.29) is 17.1 Å². The van der Waals surface area contributed by atoms with Crippen LogP contribution in [0.2, 0.25) is 0 Å². The summed E-state index contributed by atoms with van der Waals surface area (Å²) in [5, 5.41) is 5.18. The van der Waals surface area contributed by atoms with Crippen LogP contribution < -0.4 is 15.4 Å². The highest BCUT2D eigenvalue weighted by Crippen LogP contribution is 2.30. The predicted molar refractivity (Wildman–Crippen MR) is 102 cm³/mol. The molecule has 0 radical (unpaired) electrons. The van der Waals surface area contributed by atoms with E-state index in [0.29, 0.717) is 17.5 Å². The maximum absolute atomic E-state index is 14.4. The standard InChI is InChI=1S/C20H13F3N4O2/c21-11-1-3-16(14(22)9-11)26-20(28)27-17-4-2-12(10-15(17)23)29-18-6-8-25-19-13(18)5-7-24-19/h1-10H,(H,24,25)(H2,26,27,28). The molecular weight excluding hydrogens is 385 g/mol. The topological polar surface area (TPSA) is 79.0 Å². The minimum Gasteiger partial charge on any atom is -0.456 e. The smallest absolute Gasteiger partial charge is 0.323 e. The Hall–Kier alpha value is -4.01. The molecule has 6 nitrogen and oxygen atoms in total. The average molecular weight is 398 g/mol. The summed E-state index contributed by atoms with van der Waals surface area (Å²) in [6.07, 6.45) is 3.26. The minimum atomic E-state index is -0.946. The molecule has 4 aromatic rings. The Balaban J connectivity index is 1.47. The number of hydrogen-bond donors (Lipinski definition) is 3. The number of amides is 2. The molecule has 0 aliphatic heterocycles. The van der Waals surface area contributed by atoms with E-state index in [9.17, 15) is 18.0 Å². The lowest BCUT2D eigenvalue weighted by Crippen LogP contribution is -2.20. The lowest BCUT2D eigenvalue weighted by molar-refractivity contribution is 0.262. The molecule has 0 saturated heterocycles. The number of nitrogens with one attached hydrogen (secondary N) is 3. The van der Waals surface area contributed by atoms with Crippen LogP contribution in [0, 0.1) is 17.5 Å². The number of carbonyl (C=O) groups excluding carboxylic acids is 1. The largest absolute Gasteiger partial charge is 0.456 e. The highest BCUT2D eigenvalue weighted by atomic mass is 19.1. The van der Waals surface area contributed by atoms with E-state index >= 15 is 0 Å². The molecule has 0 aliphatic rings. The summed E-state index contributed by atoms with van der Waals surface area (Å²) >= 11 is 0. The number of carbonyl (C=O) groups is 1. The molecule has 0 atom stereocenters. The number of halogens is 3. The second kappa shape index (κ2) is 7.55. The van der Waals surface area contributed by atoms with Gasteiger partial charge in [0.05, 0.1) is 16.8 Å². The molecular formula is C20H13F3N4O2. The quantitative estimate of drug-likeness (QED) is 0.430. The van der Waals surface area contributed by atoms with Gasteiger partial charge in [-0.1, -0.05) is 0 Å². The number of rotatable bonds is 4. The normalized spacial score (nSPS) is 10.7. The number of H-pyrrole nitrogens is 1. The van der Waals surface area contributed by atoms with Gasteiger partial charge in [-0.05, 0) is 36.4 Å². The van der Waals surface area contributed by atoms with Crippen molar-refractivity contribution in [2.24, 2.45) is 0 Å². The number of hydrogen-bond acceptors (Lipinski definition) is 3. The van der Waals surface area contributed by atoms with E-state index in [2.05, 4.69) is 20.6 Å². The third kappa shape index (κ3) is 3.98. The van der Waals surface area contributed by atoms with Crippen LogP contribution in [0.1, 0.15) is 0 Å². The molecule has 0 fully saturated rings. The van der Waals surface area contributed by atoms with Gasteiger partial charge in [0.25, 0.3) is 0 Å². The molecule has 3 N–H and O–H groups in total. The molecule has 0 saturated carbocycles. The first-order valence-corrected chi connectivity index (χ1v) is 8.42. The minimum absolute atomic E-state index is 0.140. The van der Waals surface area contributed by atoms with E-state index in [1.807, 2.05) is 0 Å². The number of benzene rings is 2. The van der Waals surface area contributed by atoms with Crippen LogP contribution in [-0.2, 0) is 0 Å². The van der Waals surface area contributed by atoms with Crippen LogP contribution in [0.5, 0.6) is 11.5 Å². The number of ether oxygens (including phenoxy) is 1. The van der Waals surface area contributed by atoms with Gasteiger partial charge in [-0.15, -0.1) is 0 Å². The van der Waals surface area contributed by atoms with Gasteiger partial charge in [0.1, 0.15) is 34.6 Å². The molecule has 9 heteroatoms. The van der Waals surface area contributed by atoms with Gasteiger partial charge in [0, 0.05) is 24.5 Å². The number of urea groups is 1. The summed E-state index contributed by atoms with van der Waals surface area (Å²) in [7, 11) is 0. The third-order valence-corrected chi connectivity index (χ3v) is 4.02. The Morgan fingerprint density at radius 2 is 1.66 bits per heavy atom. The summed E-state index contributed by atoms with van der Waals surface area (Å²) in [4.78, 5) is 19.1. The van der Waals surface area contributed by atoms with Gasteiger partial charge in [0.2, 0.25) is 0 Å². The fourth-order valence-corrected chi connectivity index (χ4v) is 2.68. The Bertz CT molecular complexity index is 1210. The van der Waals surface area contributed by atoms with Crippen LogP contribution in [0.15, 0.2) is 60.9 Å². The number of aromatic amines is 1. The Labute approximate surface area is 162 Å². The highest BCUT2D eigenvalue weighted by Gasteiger charge is 2.12. The zero-order valence-corrected chi connectivity index (χ0v) is 14.7. The van der Waals surface area contributed by atoms with Crippen LogP contribution in [0.25, 0.3) is 11.0 Å². The summed E-state index contributed by atoms with van der Waals surface area (Å²) in [5.41, 5.74) is 0.252. The van der Waals surface area contributed by atoms with Crippen molar-refractivity contribution in [3.05, 3.63) is 78.4 Å². The van der Waals surface area contributed by atoms with E-state index in [1.54, 1.807) is 24.5 Å². The van der Waals surface area contributed by atoms with Crippen molar-refractivity contribution < 1.29 is 22.7 Å². The molecule has 2 aromatic heterocycles. The Kier molecular flexibility index (Phi) is 4.78. The van der Waals surface area contributed by atoms with Crippen LogP contribution in [0.4, 0.5) is 29.3 Å². The van der Waals surface area contributed by atoms with Crippen molar-refractivity contribution in [2.45, 2.75) is 0 Å². The van der Waals surface area contributed by atoms with Gasteiger partial charge in [-0.2, -0.15) is 0 Å². The zero-order chi connectivity index (χ0) is 20.4. The maximum Gasteiger partial charge on any atom is 0.323 e. The first-order valence-electron chi connectivity index (χ1n) is 8.42. The number of aromatic nitrogens is 2. The van der Waals surface area contributed by atoms with Crippen molar-refractivity contribution in [3.63, 3.8) is 0 Å². The Morgan fingerprint density at radius 3 is 2.38 bits per heavy atom. The lowest BCUT2D eigenvalue weighted by atomic mass is 10.2. The highest BCUT2D eigenvalue weighted by molar-refractivity contribution is 5.99. The van der Waals surface area contributed by atoms with Gasteiger partial charge in [0.15, 0.2) is 0 Å². The SMILES string of the molecule is O=C(Nc1ccc(F)cc1F)Nc1ccc(Oc2ccnc3[nH]ccc23)cc1F. The van der Waals surface area contributed by atoms with Crippen molar-refractivity contribution in [2.75, 3.05) is 10.6 Å². The fourth-order valence-electron chi connectivity index (χ4n) is 2.68. The van der Waals surface area contributed by atoms with Gasteiger partial charge < -0.3 is 20.4 Å². The molecule has 0 aliphatic carbocycles. The zero-order valence-electron chi connectivity index (χ0n) is 14.7. The first-order chi connectivity index (χ1) is 14.0. The molecule has 2 amide bonds. The predicted octanol–water partition coefficient (Wildman–Crippen LogP) is 5.42. The summed E-state index contributed by atoms with van der Waals surface area (Å²) in [5.74, 6) is -1.77. The summed E-state index contributed by atoms with van der Waals surface area (Å²) in [6.45, 7) is 0. The second-order valence-corrected chi connectivity index (χ2v) is 6.00. The van der Waals surface area contributed by atoms with Gasteiger partial charge in [-0.25, -0.2) is 22.9 Å². The number of pyridine rings is 1. The van der Waals surface area contributed by atoms with Crippen molar-refractivity contribution in [1.29, 1.82) is 0 Å². The van der Waals surface area contributed by atoms with Crippen molar-refractivity contribution >= 4 is 28.4 Å². The van der Waals surface area contributed by atoms with Gasteiger partial charge in [-0.3, -0.25) is 0 Å². The van der Waals surface area contributed by atoms with Gasteiger partial charge >= 0.3 is 6.03 Å². The van der Waals surface area contributed by atoms with Crippen LogP contribution in [0.3, 0.4) is 0 Å². The molecule has 0 spiro atoms. The van der Waals surface area contributed by atoms with Crippen LogP contribution in [-0.4, -0.2) is 16.0 Å². The van der Waals surface area contributed by atoms with E-state index in [1.165, 1.54) is 12.1 Å². The average Bonchev–Trinajstić information content (AvgIpc) is 3.16. The molecule has 4 rings (SSSR count). The number of anilines is 2. The van der Waals surface area contributed by atoms with E-state index in [4.69, 9.17) is 4.74 Å². The molecule has 0 unspecified atom stereocenters. The molecule has 146 valence electrons. The molecule has 0 bridgehead atoms. The van der Waals surface area contributed by atoms with E-state index in [0.717, 1.165) is 23.6 Å². The summed E-state index contributed by atoms with van der Waals surface area (Å²) in [6, 6.07) is 9.10. The van der Waals surface area contributed by atoms with Crippen LogP contribution >= 0.6 is 0 Å². The maximum atomic E-state index is 14.4. The number of fused-ring (bicyclic) bond motifs is 1. The van der Waals surface area contributed by atoms with Crippen molar-refractivity contribution in [1.82, 2.24) is 9.97 Å². The lowest BCUT2D eigenvalue weighted by Gasteiger charge is -2.11. The monoisotopic (exact) mass is 398 g/mol. The first kappa shape index (κ1) is 18.4. The van der Waals surface area contributed by atoms with Crippen molar-refractivity contribution in [3.8, 4) is 11.5 Å².